The first-order chi connectivity index (χ1) is 9.06. The zero-order valence-corrected chi connectivity index (χ0v) is 10.6. The van der Waals surface area contributed by atoms with E-state index in [0.29, 0.717) is 10.8 Å². The van der Waals surface area contributed by atoms with Crippen molar-refractivity contribution in [3.8, 4) is 11.3 Å². The van der Waals surface area contributed by atoms with Crippen LogP contribution in [0.25, 0.3) is 22.0 Å². The van der Waals surface area contributed by atoms with Crippen molar-refractivity contribution in [3.63, 3.8) is 0 Å². The minimum atomic E-state index is -0.238. The summed E-state index contributed by atoms with van der Waals surface area (Å²) in [4.78, 5) is 19.4. The van der Waals surface area contributed by atoms with E-state index in [2.05, 4.69) is 20.2 Å². The van der Waals surface area contributed by atoms with Crippen molar-refractivity contribution >= 4 is 10.8 Å². The fraction of sp³-hybridized carbons (Fsp3) is 0.154. The number of nitrogens with one attached hydrogen (secondary N) is 4. The molecular weight excluding hydrogens is 242 g/mol. The number of aromatic amines is 3. The molecule has 0 radical (unpaired) electrons. The molecule has 2 heterocycles. The number of aryl methyl sites for hydroxylation is 2. The monoisotopic (exact) mass is 255 g/mol. The van der Waals surface area contributed by atoms with Crippen LogP contribution in [-0.4, -0.2) is 20.2 Å². The van der Waals surface area contributed by atoms with Crippen LogP contribution >= 0.6 is 0 Å². The topological polar surface area (TPSA) is 101 Å². The van der Waals surface area contributed by atoms with Gasteiger partial charge in [0.1, 0.15) is 11.3 Å². The number of rotatable bonds is 1. The van der Waals surface area contributed by atoms with Gasteiger partial charge in [-0.25, -0.2) is 4.98 Å². The van der Waals surface area contributed by atoms with Gasteiger partial charge in [-0.15, -0.1) is 0 Å². The molecule has 96 valence electrons. The Labute approximate surface area is 108 Å². The number of fused-ring (bicyclic) bond motifs is 1. The average Bonchev–Trinajstić information content (AvgIpc) is 2.73. The number of nitrogens with zero attached hydrogens (tertiary/aromatic N) is 1. The smallest absolute Gasteiger partial charge is 0.270 e. The Morgan fingerprint density at radius 2 is 1.95 bits per heavy atom. The summed E-state index contributed by atoms with van der Waals surface area (Å²) in [5.74, 6) is 0.837. The fourth-order valence-electron chi connectivity index (χ4n) is 2.24. The first-order valence-corrected chi connectivity index (χ1v) is 5.89. The van der Waals surface area contributed by atoms with Gasteiger partial charge in [0.05, 0.1) is 11.1 Å². The molecule has 0 aliphatic rings. The molecule has 0 fully saturated rings. The average molecular weight is 255 g/mol. The van der Waals surface area contributed by atoms with Gasteiger partial charge in [0, 0.05) is 16.6 Å². The van der Waals surface area contributed by atoms with Gasteiger partial charge in [-0.3, -0.25) is 20.4 Å². The number of benzene rings is 1. The molecule has 0 saturated carbocycles. The van der Waals surface area contributed by atoms with Crippen LogP contribution in [0.1, 0.15) is 11.5 Å². The Morgan fingerprint density at radius 1 is 1.16 bits per heavy atom. The first kappa shape index (κ1) is 11.5. The maximum absolute atomic E-state index is 11.8. The Bertz CT molecular complexity index is 884. The molecule has 0 atom stereocenters. The van der Waals surface area contributed by atoms with E-state index < -0.39 is 0 Å². The quantitative estimate of drug-likeness (QED) is 0.527. The highest BCUT2D eigenvalue weighted by Crippen LogP contribution is 2.22. The summed E-state index contributed by atoms with van der Waals surface area (Å²) >= 11 is 0. The summed E-state index contributed by atoms with van der Waals surface area (Å²) in [7, 11) is 0. The third-order valence-electron chi connectivity index (χ3n) is 3.11. The van der Waals surface area contributed by atoms with E-state index in [1.165, 1.54) is 0 Å². The van der Waals surface area contributed by atoms with Crippen LogP contribution in [0, 0.1) is 19.3 Å². The lowest BCUT2D eigenvalue weighted by Crippen LogP contribution is -2.18. The van der Waals surface area contributed by atoms with Gasteiger partial charge in [0.2, 0.25) is 0 Å². The van der Waals surface area contributed by atoms with E-state index in [1.807, 2.05) is 19.9 Å². The van der Waals surface area contributed by atoms with Crippen molar-refractivity contribution < 1.29 is 0 Å². The summed E-state index contributed by atoms with van der Waals surface area (Å²) in [5.41, 5.74) is 2.61. The van der Waals surface area contributed by atoms with Crippen LogP contribution in [0.15, 0.2) is 23.0 Å². The van der Waals surface area contributed by atoms with Crippen molar-refractivity contribution in [1.82, 2.24) is 20.2 Å². The molecule has 3 rings (SSSR count). The molecule has 0 aliphatic carbocycles. The number of imidazole rings is 1. The molecule has 2 aromatic heterocycles. The van der Waals surface area contributed by atoms with Crippen molar-refractivity contribution in [2.75, 3.05) is 0 Å². The first-order valence-electron chi connectivity index (χ1n) is 5.89. The second-order valence-corrected chi connectivity index (χ2v) is 4.51. The number of aromatic nitrogens is 4. The lowest BCUT2D eigenvalue weighted by atomic mass is 10.1. The molecular formula is C13H13N5O. The third-order valence-corrected chi connectivity index (χ3v) is 3.11. The van der Waals surface area contributed by atoms with E-state index >= 15 is 0 Å². The number of H-pyrrole nitrogens is 3. The number of hydrogen-bond donors (Lipinski definition) is 4. The summed E-state index contributed by atoms with van der Waals surface area (Å²) in [6.45, 7) is 3.83. The molecule has 0 amide bonds. The largest absolute Gasteiger partial charge is 0.346 e. The second kappa shape index (κ2) is 3.94. The predicted octanol–water partition coefficient (Wildman–Crippen LogP) is 1.34. The van der Waals surface area contributed by atoms with Crippen LogP contribution in [0.4, 0.5) is 0 Å². The summed E-state index contributed by atoms with van der Waals surface area (Å²) in [6.07, 6.45) is 0. The normalized spacial score (nSPS) is 11.1. The van der Waals surface area contributed by atoms with E-state index in [-0.39, 0.29) is 11.0 Å². The molecule has 1 aromatic carbocycles. The SMILES string of the molecule is Cc1nc(-c2ccc3c(=N)[nH][nH]c(=O)c3c2)c(C)[nH]1. The predicted molar refractivity (Wildman–Crippen MR) is 71.8 cm³/mol. The van der Waals surface area contributed by atoms with E-state index in [9.17, 15) is 4.79 Å². The maximum atomic E-state index is 11.8. The summed E-state index contributed by atoms with van der Waals surface area (Å²) < 4.78 is 0. The molecule has 0 spiro atoms. The van der Waals surface area contributed by atoms with Crippen LogP contribution in [0.3, 0.4) is 0 Å². The van der Waals surface area contributed by atoms with Crippen LogP contribution in [-0.2, 0) is 0 Å². The fourth-order valence-corrected chi connectivity index (χ4v) is 2.24. The van der Waals surface area contributed by atoms with Gasteiger partial charge in [-0.2, -0.15) is 0 Å². The highest BCUT2D eigenvalue weighted by Gasteiger charge is 2.09. The van der Waals surface area contributed by atoms with Crippen molar-refractivity contribution in [2.24, 2.45) is 0 Å². The van der Waals surface area contributed by atoms with Crippen LogP contribution in [0.2, 0.25) is 0 Å². The highest BCUT2D eigenvalue weighted by molar-refractivity contribution is 5.85. The molecule has 4 N–H and O–H groups in total. The van der Waals surface area contributed by atoms with Crippen molar-refractivity contribution in [1.29, 1.82) is 5.41 Å². The molecule has 0 bridgehead atoms. The molecule has 0 saturated heterocycles. The van der Waals surface area contributed by atoms with Gasteiger partial charge < -0.3 is 4.98 Å². The Kier molecular flexibility index (Phi) is 2.38. The van der Waals surface area contributed by atoms with E-state index in [4.69, 9.17) is 5.41 Å². The summed E-state index contributed by atoms with van der Waals surface area (Å²) in [5, 5.41) is 13.8. The zero-order valence-electron chi connectivity index (χ0n) is 10.6. The highest BCUT2D eigenvalue weighted by atomic mass is 16.1. The second-order valence-electron chi connectivity index (χ2n) is 4.51. The van der Waals surface area contributed by atoms with Crippen molar-refractivity contribution in [2.45, 2.75) is 13.8 Å². The summed E-state index contributed by atoms with van der Waals surface area (Å²) in [6, 6.07) is 5.40. The maximum Gasteiger partial charge on any atom is 0.270 e. The van der Waals surface area contributed by atoms with E-state index in [0.717, 1.165) is 22.8 Å². The number of hydrogen-bond acceptors (Lipinski definition) is 3. The molecule has 0 unspecified atom stereocenters. The van der Waals surface area contributed by atoms with Gasteiger partial charge in [-0.05, 0) is 26.0 Å². The van der Waals surface area contributed by atoms with Crippen LogP contribution in [0.5, 0.6) is 0 Å². The van der Waals surface area contributed by atoms with Gasteiger partial charge in [0.15, 0.2) is 0 Å². The Balaban J connectivity index is 2.34. The lowest BCUT2D eigenvalue weighted by molar-refractivity contribution is 0.932. The Morgan fingerprint density at radius 3 is 2.63 bits per heavy atom. The molecule has 6 nitrogen and oxygen atoms in total. The third kappa shape index (κ3) is 1.77. The van der Waals surface area contributed by atoms with Crippen molar-refractivity contribution in [3.05, 3.63) is 45.6 Å². The van der Waals surface area contributed by atoms with Crippen LogP contribution < -0.4 is 11.0 Å². The minimum Gasteiger partial charge on any atom is -0.346 e. The standard InChI is InChI=1S/C13H13N5O/c1-6-11(16-7(2)15-6)8-3-4-9-10(5-8)13(19)18-17-12(9)14/h3-5H,1-2H3,(H2,14,17)(H,15,16)(H,18,19). The zero-order chi connectivity index (χ0) is 13.6. The Hall–Kier alpha value is -2.63. The molecule has 0 aliphatic heterocycles. The minimum absolute atomic E-state index is 0.191. The van der Waals surface area contributed by atoms with Gasteiger partial charge in [-0.1, -0.05) is 6.07 Å². The molecule has 19 heavy (non-hydrogen) atoms. The van der Waals surface area contributed by atoms with Gasteiger partial charge in [0.25, 0.3) is 5.56 Å². The van der Waals surface area contributed by atoms with E-state index in [1.54, 1.807) is 12.1 Å². The molecule has 3 aromatic rings. The molecule has 6 heteroatoms. The van der Waals surface area contributed by atoms with Gasteiger partial charge >= 0.3 is 0 Å². The lowest BCUT2D eigenvalue weighted by Gasteiger charge is -2.02.